The van der Waals surface area contributed by atoms with Crippen molar-refractivity contribution in [2.45, 2.75) is 32.5 Å². The standard InChI is InChI=1S/C24H24FN5O2S/c1-13-9-26-5-6-29(13)11-18-15(3-2-4-19(18)25)21-22-20(27-12-28-21)7-14(33-22)10-30-23(31)16-8-17(16)24(30)32/h2-4,7,12-13,16-17,26H,5-6,8-11H2,1H3. The highest BCUT2D eigenvalue weighted by Crippen LogP contribution is 2.47. The number of thiophene rings is 1. The number of piperazine rings is 1. The van der Waals surface area contributed by atoms with Gasteiger partial charge in [-0.05, 0) is 25.5 Å². The molecule has 1 N–H and O–H groups in total. The van der Waals surface area contributed by atoms with Gasteiger partial charge >= 0.3 is 0 Å². The first kappa shape index (κ1) is 20.8. The molecule has 1 saturated carbocycles. The normalized spacial score (nSPS) is 25.2. The first-order valence-corrected chi connectivity index (χ1v) is 12.1. The molecule has 0 radical (unpaired) electrons. The number of imide groups is 1. The zero-order valence-corrected chi connectivity index (χ0v) is 19.1. The second-order valence-corrected chi connectivity index (χ2v) is 10.3. The van der Waals surface area contributed by atoms with Crippen molar-refractivity contribution in [3.05, 3.63) is 46.9 Å². The summed E-state index contributed by atoms with van der Waals surface area (Å²) in [5.41, 5.74) is 2.83. The summed E-state index contributed by atoms with van der Waals surface area (Å²) in [6, 6.07) is 7.35. The molecule has 0 spiro atoms. The molecule has 4 heterocycles. The number of amides is 2. The SMILES string of the molecule is CC1CNCCN1Cc1c(F)cccc1-c1ncnc2cc(CN3C(=O)C4CC4C3=O)sc12. The molecule has 170 valence electrons. The maximum absolute atomic E-state index is 15.1. The lowest BCUT2D eigenvalue weighted by Crippen LogP contribution is -2.49. The third-order valence-electron chi connectivity index (χ3n) is 7.01. The number of carbonyl (C=O) groups excluding carboxylic acids is 2. The van der Waals surface area contributed by atoms with Crippen LogP contribution in [0.5, 0.6) is 0 Å². The number of likely N-dealkylation sites (tertiary alicyclic amines) is 1. The third kappa shape index (κ3) is 3.55. The van der Waals surface area contributed by atoms with Gasteiger partial charge in [0.25, 0.3) is 0 Å². The second kappa shape index (κ2) is 7.93. The lowest BCUT2D eigenvalue weighted by molar-refractivity contribution is -0.141. The Kier molecular flexibility index (Phi) is 5.01. The lowest BCUT2D eigenvalue weighted by atomic mass is 10.0. The molecule has 2 saturated heterocycles. The summed E-state index contributed by atoms with van der Waals surface area (Å²) in [5.74, 6) is -0.583. The van der Waals surface area contributed by atoms with E-state index in [-0.39, 0.29) is 36.0 Å². The first-order valence-electron chi connectivity index (χ1n) is 11.3. The zero-order valence-electron chi connectivity index (χ0n) is 18.3. The molecule has 7 nitrogen and oxygen atoms in total. The Hall–Kier alpha value is -2.75. The number of nitrogens with one attached hydrogen (secondary N) is 1. The van der Waals surface area contributed by atoms with Crippen LogP contribution >= 0.6 is 11.3 Å². The Labute approximate surface area is 194 Å². The van der Waals surface area contributed by atoms with Crippen LogP contribution in [0.4, 0.5) is 4.39 Å². The van der Waals surface area contributed by atoms with E-state index in [4.69, 9.17) is 0 Å². The van der Waals surface area contributed by atoms with Crippen molar-refractivity contribution in [1.82, 2.24) is 25.1 Å². The maximum Gasteiger partial charge on any atom is 0.233 e. The van der Waals surface area contributed by atoms with Gasteiger partial charge in [-0.3, -0.25) is 19.4 Å². The highest BCUT2D eigenvalue weighted by molar-refractivity contribution is 7.19. The van der Waals surface area contributed by atoms with Gasteiger partial charge in [-0.25, -0.2) is 14.4 Å². The summed E-state index contributed by atoms with van der Waals surface area (Å²) in [6.45, 7) is 5.54. The third-order valence-corrected chi connectivity index (χ3v) is 8.12. The number of carbonyl (C=O) groups is 2. The van der Waals surface area contributed by atoms with E-state index >= 15 is 4.39 Å². The van der Waals surface area contributed by atoms with Gasteiger partial charge in [0, 0.05) is 48.2 Å². The molecule has 3 aromatic rings. The molecule has 1 aliphatic carbocycles. The van der Waals surface area contributed by atoms with Crippen molar-refractivity contribution in [2.24, 2.45) is 11.8 Å². The number of rotatable bonds is 5. The monoisotopic (exact) mass is 465 g/mol. The zero-order chi connectivity index (χ0) is 22.7. The average molecular weight is 466 g/mol. The van der Waals surface area contributed by atoms with Gasteiger partial charge in [0.05, 0.1) is 34.3 Å². The maximum atomic E-state index is 15.1. The lowest BCUT2D eigenvalue weighted by Gasteiger charge is -2.34. The van der Waals surface area contributed by atoms with Crippen LogP contribution in [0.15, 0.2) is 30.6 Å². The average Bonchev–Trinajstić information content (AvgIpc) is 3.45. The Balaban J connectivity index is 1.36. The topological polar surface area (TPSA) is 78.4 Å². The number of benzene rings is 1. The molecule has 6 rings (SSSR count). The molecule has 3 atom stereocenters. The molecule has 3 fully saturated rings. The number of nitrogens with zero attached hydrogens (tertiary/aromatic N) is 4. The number of fused-ring (bicyclic) bond motifs is 2. The van der Waals surface area contributed by atoms with Gasteiger partial charge in [-0.15, -0.1) is 11.3 Å². The van der Waals surface area contributed by atoms with Crippen molar-refractivity contribution in [3.8, 4) is 11.3 Å². The summed E-state index contributed by atoms with van der Waals surface area (Å²) >= 11 is 1.47. The predicted molar refractivity (Wildman–Crippen MR) is 123 cm³/mol. The Morgan fingerprint density at radius 3 is 2.79 bits per heavy atom. The molecule has 2 aliphatic heterocycles. The van der Waals surface area contributed by atoms with Gasteiger partial charge < -0.3 is 5.32 Å². The van der Waals surface area contributed by atoms with Gasteiger partial charge in [0.15, 0.2) is 0 Å². The van der Waals surface area contributed by atoms with E-state index in [1.165, 1.54) is 28.6 Å². The van der Waals surface area contributed by atoms with Crippen LogP contribution < -0.4 is 5.32 Å². The van der Waals surface area contributed by atoms with E-state index in [1.807, 2.05) is 12.1 Å². The van der Waals surface area contributed by atoms with E-state index in [2.05, 4.69) is 27.1 Å². The summed E-state index contributed by atoms with van der Waals surface area (Å²) in [7, 11) is 0. The molecule has 33 heavy (non-hydrogen) atoms. The van der Waals surface area contributed by atoms with Crippen LogP contribution in [0.1, 0.15) is 23.8 Å². The van der Waals surface area contributed by atoms with Crippen LogP contribution in [0.2, 0.25) is 0 Å². The fraction of sp³-hybridized carbons (Fsp3) is 0.417. The fourth-order valence-corrected chi connectivity index (χ4v) is 6.10. The van der Waals surface area contributed by atoms with E-state index in [0.717, 1.165) is 40.3 Å². The van der Waals surface area contributed by atoms with E-state index < -0.39 is 0 Å². The number of halogens is 1. The molecule has 9 heteroatoms. The summed E-state index contributed by atoms with van der Waals surface area (Å²) in [4.78, 5) is 38.3. The Morgan fingerprint density at radius 1 is 1.18 bits per heavy atom. The highest BCUT2D eigenvalue weighted by Gasteiger charge is 2.58. The molecule has 2 aromatic heterocycles. The van der Waals surface area contributed by atoms with Gasteiger partial charge in [-0.1, -0.05) is 12.1 Å². The number of piperidine rings is 1. The van der Waals surface area contributed by atoms with Crippen LogP contribution in [0.3, 0.4) is 0 Å². The molecule has 2 amide bonds. The minimum Gasteiger partial charge on any atom is -0.314 e. The first-order chi connectivity index (χ1) is 16.0. The van der Waals surface area contributed by atoms with Crippen molar-refractivity contribution in [1.29, 1.82) is 0 Å². The summed E-state index contributed by atoms with van der Waals surface area (Å²) in [6.07, 6.45) is 2.20. The van der Waals surface area contributed by atoms with E-state index in [1.54, 1.807) is 6.07 Å². The number of hydrogen-bond donors (Lipinski definition) is 1. The number of aromatic nitrogens is 2. The van der Waals surface area contributed by atoms with Crippen molar-refractivity contribution < 1.29 is 14.0 Å². The smallest absolute Gasteiger partial charge is 0.233 e. The van der Waals surface area contributed by atoms with Crippen LogP contribution in [-0.4, -0.2) is 57.3 Å². The Morgan fingerprint density at radius 2 is 2.00 bits per heavy atom. The van der Waals surface area contributed by atoms with Crippen LogP contribution in [0.25, 0.3) is 21.5 Å². The second-order valence-electron chi connectivity index (χ2n) is 9.15. The summed E-state index contributed by atoms with van der Waals surface area (Å²) in [5, 5.41) is 3.37. The molecule has 0 bridgehead atoms. The van der Waals surface area contributed by atoms with Crippen molar-refractivity contribution in [3.63, 3.8) is 0 Å². The molecule has 3 aliphatic rings. The molecular weight excluding hydrogens is 441 g/mol. The molecular formula is C24H24FN5O2S. The largest absolute Gasteiger partial charge is 0.314 e. The van der Waals surface area contributed by atoms with E-state index in [0.29, 0.717) is 30.3 Å². The minimum atomic E-state index is -0.241. The van der Waals surface area contributed by atoms with Crippen LogP contribution in [0, 0.1) is 17.7 Å². The fourth-order valence-electron chi connectivity index (χ4n) is 5.00. The highest BCUT2D eigenvalue weighted by atomic mass is 32.1. The van der Waals surface area contributed by atoms with Gasteiger partial charge in [-0.2, -0.15) is 0 Å². The quantitative estimate of drug-likeness (QED) is 0.584. The van der Waals surface area contributed by atoms with Crippen LogP contribution in [-0.2, 0) is 22.7 Å². The predicted octanol–water partition coefficient (Wildman–Crippen LogP) is 2.80. The number of hydrogen-bond acceptors (Lipinski definition) is 7. The minimum absolute atomic E-state index is 0.0636. The van der Waals surface area contributed by atoms with Crippen molar-refractivity contribution >= 4 is 33.4 Å². The van der Waals surface area contributed by atoms with Gasteiger partial charge in [0.2, 0.25) is 11.8 Å². The van der Waals surface area contributed by atoms with E-state index in [9.17, 15) is 9.59 Å². The van der Waals surface area contributed by atoms with Gasteiger partial charge in [0.1, 0.15) is 12.1 Å². The Bertz CT molecular complexity index is 1260. The molecule has 3 unspecified atom stereocenters. The molecule has 1 aromatic carbocycles. The summed E-state index contributed by atoms with van der Waals surface area (Å²) < 4.78 is 15.9. The van der Waals surface area contributed by atoms with Crippen molar-refractivity contribution in [2.75, 3.05) is 19.6 Å².